The van der Waals surface area contributed by atoms with Crippen molar-refractivity contribution in [1.82, 2.24) is 0 Å². The fourth-order valence-corrected chi connectivity index (χ4v) is 0.642. The zero-order chi connectivity index (χ0) is 6.85. The molecule has 0 saturated carbocycles. The van der Waals surface area contributed by atoms with Gasteiger partial charge in [0, 0.05) is 6.07 Å². The van der Waals surface area contributed by atoms with Crippen molar-refractivity contribution in [3.8, 4) is 0 Å². The Hall–Kier alpha value is -0.960. The van der Waals surface area contributed by atoms with E-state index in [9.17, 15) is 0 Å². The molecule has 3 nitrogen and oxygen atoms in total. The molecule has 0 aliphatic heterocycles. The van der Waals surface area contributed by atoms with Crippen molar-refractivity contribution in [2.75, 3.05) is 11.6 Å². The van der Waals surface area contributed by atoms with Crippen LogP contribution in [0.25, 0.3) is 0 Å². The number of nitrogens with zero attached hydrogens (tertiary/aromatic N) is 1. The van der Waals surface area contributed by atoms with Crippen LogP contribution in [0.1, 0.15) is 0 Å². The molecule has 0 atom stereocenters. The van der Waals surface area contributed by atoms with Crippen molar-refractivity contribution >= 4 is 17.3 Å². The lowest BCUT2D eigenvalue weighted by Gasteiger charge is -1.90. The highest BCUT2D eigenvalue weighted by Crippen LogP contribution is 2.09. The van der Waals surface area contributed by atoms with Crippen LogP contribution in [-0.4, -0.2) is 0 Å². The largest absolute Gasteiger partial charge is 0.392 e. The van der Waals surface area contributed by atoms with E-state index in [-0.39, 0.29) is 0 Å². The summed E-state index contributed by atoms with van der Waals surface area (Å²) in [4.78, 5) is 0. The number of hydrogen-bond acceptors (Lipinski definition) is 2. The van der Waals surface area contributed by atoms with Gasteiger partial charge in [0.2, 0.25) is 6.20 Å². The smallest absolute Gasteiger partial charge is 0.326 e. The van der Waals surface area contributed by atoms with Crippen molar-refractivity contribution in [3.63, 3.8) is 0 Å². The zero-order valence-electron chi connectivity index (χ0n) is 4.71. The van der Waals surface area contributed by atoms with Crippen LogP contribution in [0, 0.1) is 0 Å². The third kappa shape index (κ3) is 1.05. The molecule has 1 heterocycles. The summed E-state index contributed by atoms with van der Waals surface area (Å²) < 4.78 is 1.26. The third-order valence-corrected chi connectivity index (χ3v) is 1.40. The Morgan fingerprint density at radius 2 is 2.22 bits per heavy atom. The molecule has 9 heavy (non-hydrogen) atoms. The summed E-state index contributed by atoms with van der Waals surface area (Å²) in [7, 11) is 0. The van der Waals surface area contributed by atoms with Crippen molar-refractivity contribution in [3.05, 3.63) is 23.5 Å². The van der Waals surface area contributed by atoms with Gasteiger partial charge < -0.3 is 5.73 Å². The molecule has 0 fully saturated rings. The molecule has 0 spiro atoms. The Labute approximate surface area is 57.8 Å². The van der Waals surface area contributed by atoms with Crippen LogP contribution in [-0.2, 0) is 0 Å². The maximum Gasteiger partial charge on any atom is 0.326 e. The highest BCUT2D eigenvalue weighted by molar-refractivity contribution is 6.30. The minimum absolute atomic E-state index is 0.359. The molecule has 0 aliphatic carbocycles. The number of aromatic nitrogens is 1. The van der Waals surface area contributed by atoms with Gasteiger partial charge in [-0.1, -0.05) is 4.68 Å². The summed E-state index contributed by atoms with van der Waals surface area (Å²) in [5, 5.41) is 0.359. The van der Waals surface area contributed by atoms with E-state index in [2.05, 4.69) is 0 Å². The second kappa shape index (κ2) is 2.11. The molecule has 4 N–H and O–H groups in total. The van der Waals surface area contributed by atoms with E-state index in [1.807, 2.05) is 0 Å². The topological polar surface area (TPSA) is 55.9 Å². The van der Waals surface area contributed by atoms with Gasteiger partial charge >= 0.3 is 5.15 Å². The zero-order valence-corrected chi connectivity index (χ0v) is 5.47. The molecule has 1 rings (SSSR count). The maximum atomic E-state index is 5.59. The number of nitrogen functional groups attached to an aromatic ring is 2. The first kappa shape index (κ1) is 6.16. The van der Waals surface area contributed by atoms with Crippen molar-refractivity contribution in [2.45, 2.75) is 0 Å². The van der Waals surface area contributed by atoms with E-state index in [0.29, 0.717) is 10.8 Å². The summed E-state index contributed by atoms with van der Waals surface area (Å²) in [5.41, 5.74) is 5.88. The quantitative estimate of drug-likeness (QED) is 0.304. The number of nitrogens with two attached hydrogens (primary N) is 2. The van der Waals surface area contributed by atoms with Crippen LogP contribution >= 0.6 is 11.6 Å². The lowest BCUT2D eigenvalue weighted by Crippen LogP contribution is -2.45. The Kier molecular flexibility index (Phi) is 1.44. The molecule has 48 valence electrons. The average molecular weight is 145 g/mol. The highest BCUT2D eigenvalue weighted by atomic mass is 35.5. The minimum atomic E-state index is 0.359. The van der Waals surface area contributed by atoms with Crippen LogP contribution in [0.15, 0.2) is 18.3 Å². The first-order chi connectivity index (χ1) is 4.22. The minimum Gasteiger partial charge on any atom is -0.392 e. The summed E-state index contributed by atoms with van der Waals surface area (Å²) in [6, 6.07) is 3.41. The number of rotatable bonds is 0. The van der Waals surface area contributed by atoms with E-state index in [0.717, 1.165) is 0 Å². The standard InChI is InChI=1S/C5H7ClN3/c6-5-4(7)2-1-3-9(5)8/h1-3H,7-8H2/q+1. The predicted molar refractivity (Wildman–Crippen MR) is 36.2 cm³/mol. The molecule has 1 aromatic heterocycles. The van der Waals surface area contributed by atoms with Gasteiger partial charge in [-0.25, -0.2) is 5.84 Å². The molecule has 0 amide bonds. The lowest BCUT2D eigenvalue weighted by molar-refractivity contribution is -0.635. The summed E-state index contributed by atoms with van der Waals surface area (Å²) >= 11 is 5.59. The van der Waals surface area contributed by atoms with Crippen LogP contribution in [0.4, 0.5) is 5.69 Å². The van der Waals surface area contributed by atoms with Crippen LogP contribution in [0.2, 0.25) is 5.15 Å². The van der Waals surface area contributed by atoms with Crippen LogP contribution < -0.4 is 16.3 Å². The fourth-order valence-electron chi connectivity index (χ4n) is 0.523. The molecule has 0 bridgehead atoms. The number of halogens is 1. The Morgan fingerprint density at radius 3 is 2.67 bits per heavy atom. The summed E-state index contributed by atoms with van der Waals surface area (Å²) in [5.74, 6) is 5.33. The average Bonchev–Trinajstić information content (AvgIpc) is 1.83. The van der Waals surface area contributed by atoms with E-state index >= 15 is 0 Å². The van der Waals surface area contributed by atoms with Crippen molar-refractivity contribution < 1.29 is 4.68 Å². The van der Waals surface area contributed by atoms with E-state index in [1.54, 1.807) is 18.3 Å². The molecular formula is C5H7ClN3+. The van der Waals surface area contributed by atoms with Gasteiger partial charge in [-0.3, -0.25) is 0 Å². The fraction of sp³-hybridized carbons (Fsp3) is 0. The van der Waals surface area contributed by atoms with Gasteiger partial charge in [0.15, 0.2) is 0 Å². The van der Waals surface area contributed by atoms with Gasteiger partial charge in [-0.2, -0.15) is 0 Å². The maximum absolute atomic E-state index is 5.59. The Morgan fingerprint density at radius 1 is 1.56 bits per heavy atom. The van der Waals surface area contributed by atoms with Crippen molar-refractivity contribution in [1.29, 1.82) is 0 Å². The molecular weight excluding hydrogens is 138 g/mol. The second-order valence-electron chi connectivity index (χ2n) is 1.66. The van der Waals surface area contributed by atoms with E-state index in [4.69, 9.17) is 23.2 Å². The third-order valence-electron chi connectivity index (χ3n) is 0.987. The first-order valence-corrected chi connectivity index (χ1v) is 2.80. The normalized spacial score (nSPS) is 9.44. The first-order valence-electron chi connectivity index (χ1n) is 2.42. The van der Waals surface area contributed by atoms with Gasteiger partial charge in [0.1, 0.15) is 5.69 Å². The second-order valence-corrected chi connectivity index (χ2v) is 2.02. The highest BCUT2D eigenvalue weighted by Gasteiger charge is 2.05. The Balaban J connectivity index is 3.25. The summed E-state index contributed by atoms with van der Waals surface area (Å²) in [6.07, 6.45) is 1.62. The lowest BCUT2D eigenvalue weighted by atomic mass is 10.4. The number of hydrogen-bond donors (Lipinski definition) is 2. The van der Waals surface area contributed by atoms with Gasteiger partial charge in [0.05, 0.1) is 0 Å². The molecule has 0 radical (unpaired) electrons. The van der Waals surface area contributed by atoms with E-state index in [1.165, 1.54) is 4.68 Å². The van der Waals surface area contributed by atoms with Gasteiger partial charge in [0.25, 0.3) is 0 Å². The molecule has 0 aromatic carbocycles. The van der Waals surface area contributed by atoms with Crippen LogP contribution in [0.5, 0.6) is 0 Å². The van der Waals surface area contributed by atoms with Gasteiger partial charge in [-0.15, -0.1) is 0 Å². The van der Waals surface area contributed by atoms with Crippen LogP contribution in [0.3, 0.4) is 0 Å². The SMILES string of the molecule is Nc1ccc[n+](N)c1Cl. The molecule has 0 unspecified atom stereocenters. The van der Waals surface area contributed by atoms with E-state index < -0.39 is 0 Å². The number of anilines is 1. The monoisotopic (exact) mass is 144 g/mol. The molecule has 4 heteroatoms. The van der Waals surface area contributed by atoms with Crippen molar-refractivity contribution in [2.24, 2.45) is 0 Å². The Bertz CT molecular complexity index is 203. The molecule has 0 saturated heterocycles. The van der Waals surface area contributed by atoms with Gasteiger partial charge in [-0.05, 0) is 17.7 Å². The molecule has 1 aromatic rings. The summed E-state index contributed by atoms with van der Waals surface area (Å²) in [6.45, 7) is 0. The molecule has 0 aliphatic rings. The number of pyridine rings is 1. The predicted octanol–water partition coefficient (Wildman–Crippen LogP) is -0.0765.